The maximum atomic E-state index is 13.2. The van der Waals surface area contributed by atoms with E-state index in [9.17, 15) is 4.39 Å². The summed E-state index contributed by atoms with van der Waals surface area (Å²) < 4.78 is 13.2. The molecule has 0 saturated heterocycles. The third-order valence-electron chi connectivity index (χ3n) is 6.63. The summed E-state index contributed by atoms with van der Waals surface area (Å²) in [5.41, 5.74) is 4.07. The molecular weight excluding hydrogens is 439 g/mol. The van der Waals surface area contributed by atoms with E-state index in [4.69, 9.17) is 9.97 Å². The number of nitrogens with zero attached hydrogens (tertiary/aromatic N) is 4. The molecule has 1 fully saturated rings. The van der Waals surface area contributed by atoms with Gasteiger partial charge in [-0.25, -0.2) is 9.37 Å². The maximum Gasteiger partial charge on any atom is 0.225 e. The zero-order chi connectivity index (χ0) is 24.2. The second-order valence-electron chi connectivity index (χ2n) is 9.44. The van der Waals surface area contributed by atoms with Crippen LogP contribution in [0.15, 0.2) is 67.0 Å². The average molecular weight is 471 g/mol. The molecule has 6 nitrogen and oxygen atoms in total. The lowest BCUT2D eigenvalue weighted by Crippen LogP contribution is -2.37. The van der Waals surface area contributed by atoms with E-state index >= 15 is 0 Å². The van der Waals surface area contributed by atoms with Crippen LogP contribution in [0, 0.1) is 5.82 Å². The largest absolute Gasteiger partial charge is 0.362 e. The fourth-order valence-corrected chi connectivity index (χ4v) is 4.74. The number of nitrogens with one attached hydrogen (secondary N) is 2. The molecule has 0 atom stereocenters. The SMILES string of the molecule is CN(C)c1nc(NC2CCC(NCc3cncc(-c4ccc(F)cc4)c3)CC2)nc2ccccc12. The summed E-state index contributed by atoms with van der Waals surface area (Å²) in [6.07, 6.45) is 8.04. The molecule has 4 aromatic rings. The standard InChI is InChI=1S/C28H31FN6/c1-35(2)27-25-5-3-4-6-26(25)33-28(34-27)32-24-13-11-23(12-14-24)31-17-19-15-21(18-30-16-19)20-7-9-22(29)10-8-20/h3-10,15-16,18,23-24,31H,11-14,17H2,1-2H3,(H,32,33,34). The van der Waals surface area contributed by atoms with Gasteiger partial charge in [-0.2, -0.15) is 4.98 Å². The van der Waals surface area contributed by atoms with Crippen molar-refractivity contribution in [3.63, 3.8) is 0 Å². The maximum absolute atomic E-state index is 13.2. The van der Waals surface area contributed by atoms with Gasteiger partial charge < -0.3 is 15.5 Å². The molecule has 2 aromatic carbocycles. The van der Waals surface area contributed by atoms with E-state index in [1.165, 1.54) is 12.1 Å². The second-order valence-corrected chi connectivity index (χ2v) is 9.44. The van der Waals surface area contributed by atoms with Crippen molar-refractivity contribution in [2.24, 2.45) is 0 Å². The first-order chi connectivity index (χ1) is 17.0. The van der Waals surface area contributed by atoms with Crippen molar-refractivity contribution < 1.29 is 4.39 Å². The lowest BCUT2D eigenvalue weighted by Gasteiger charge is -2.30. The minimum Gasteiger partial charge on any atom is -0.362 e. The smallest absolute Gasteiger partial charge is 0.225 e. The molecule has 0 unspecified atom stereocenters. The van der Waals surface area contributed by atoms with Crippen molar-refractivity contribution in [3.05, 3.63) is 78.4 Å². The molecule has 0 aliphatic heterocycles. The van der Waals surface area contributed by atoms with Crippen LogP contribution in [-0.2, 0) is 6.54 Å². The van der Waals surface area contributed by atoms with Gasteiger partial charge in [-0.05, 0) is 67.1 Å². The molecule has 1 aliphatic carbocycles. The van der Waals surface area contributed by atoms with Crippen LogP contribution < -0.4 is 15.5 Å². The fourth-order valence-electron chi connectivity index (χ4n) is 4.74. The van der Waals surface area contributed by atoms with Crippen molar-refractivity contribution >= 4 is 22.7 Å². The van der Waals surface area contributed by atoms with Crippen molar-refractivity contribution in [1.29, 1.82) is 0 Å². The summed E-state index contributed by atoms with van der Waals surface area (Å²) in [5.74, 6) is 1.41. The van der Waals surface area contributed by atoms with Crippen LogP contribution in [0.5, 0.6) is 0 Å². The number of benzene rings is 2. The molecule has 0 spiro atoms. The number of hydrogen-bond donors (Lipinski definition) is 2. The van der Waals surface area contributed by atoms with E-state index in [-0.39, 0.29) is 5.82 Å². The third kappa shape index (κ3) is 5.57. The second kappa shape index (κ2) is 10.4. The first-order valence-corrected chi connectivity index (χ1v) is 12.2. The Balaban J connectivity index is 1.16. The van der Waals surface area contributed by atoms with Gasteiger partial charge in [-0.3, -0.25) is 4.98 Å². The van der Waals surface area contributed by atoms with Crippen LogP contribution in [0.1, 0.15) is 31.2 Å². The number of pyridine rings is 1. The molecule has 5 rings (SSSR count). The molecule has 180 valence electrons. The van der Waals surface area contributed by atoms with E-state index in [0.29, 0.717) is 18.0 Å². The van der Waals surface area contributed by atoms with Crippen LogP contribution >= 0.6 is 0 Å². The van der Waals surface area contributed by atoms with Crippen molar-refractivity contribution in [1.82, 2.24) is 20.3 Å². The number of halogens is 1. The van der Waals surface area contributed by atoms with Crippen molar-refractivity contribution in [2.45, 2.75) is 44.3 Å². The summed E-state index contributed by atoms with van der Waals surface area (Å²) in [4.78, 5) is 16.0. The molecule has 35 heavy (non-hydrogen) atoms. The molecule has 1 aliphatic rings. The number of para-hydroxylation sites is 1. The number of aromatic nitrogens is 3. The molecule has 2 N–H and O–H groups in total. The quantitative estimate of drug-likeness (QED) is 0.377. The summed E-state index contributed by atoms with van der Waals surface area (Å²) in [6, 6.07) is 17.7. The topological polar surface area (TPSA) is 66.0 Å². The zero-order valence-electron chi connectivity index (χ0n) is 20.2. The fraction of sp³-hybridized carbons (Fsp3) is 0.321. The van der Waals surface area contributed by atoms with Gasteiger partial charge >= 0.3 is 0 Å². The van der Waals surface area contributed by atoms with Crippen LogP contribution in [0.4, 0.5) is 16.2 Å². The average Bonchev–Trinajstić information content (AvgIpc) is 2.88. The van der Waals surface area contributed by atoms with E-state index in [1.807, 2.05) is 49.6 Å². The molecule has 2 heterocycles. The first kappa shape index (κ1) is 23.2. The summed E-state index contributed by atoms with van der Waals surface area (Å²) in [7, 11) is 4.03. The lowest BCUT2D eigenvalue weighted by molar-refractivity contribution is 0.352. The Hall–Kier alpha value is -3.58. The summed E-state index contributed by atoms with van der Waals surface area (Å²) in [6.45, 7) is 0.769. The normalized spacial score (nSPS) is 17.9. The number of fused-ring (bicyclic) bond motifs is 1. The highest BCUT2D eigenvalue weighted by molar-refractivity contribution is 5.90. The lowest BCUT2D eigenvalue weighted by atomic mass is 9.91. The van der Waals surface area contributed by atoms with Gasteiger partial charge in [0.15, 0.2) is 0 Å². The number of rotatable bonds is 7. The first-order valence-electron chi connectivity index (χ1n) is 12.2. The molecule has 7 heteroatoms. The molecule has 0 amide bonds. The Kier molecular flexibility index (Phi) is 6.86. The van der Waals surface area contributed by atoms with Crippen LogP contribution in [-0.4, -0.2) is 41.1 Å². The Bertz CT molecular complexity index is 1280. The van der Waals surface area contributed by atoms with Gasteiger partial charge in [0.2, 0.25) is 5.95 Å². The van der Waals surface area contributed by atoms with Gasteiger partial charge in [0.25, 0.3) is 0 Å². The van der Waals surface area contributed by atoms with Crippen LogP contribution in [0.3, 0.4) is 0 Å². The van der Waals surface area contributed by atoms with Gasteiger partial charge in [0.05, 0.1) is 5.52 Å². The van der Waals surface area contributed by atoms with Crippen LogP contribution in [0.25, 0.3) is 22.0 Å². The zero-order valence-corrected chi connectivity index (χ0v) is 20.2. The van der Waals surface area contributed by atoms with E-state index < -0.39 is 0 Å². The molecule has 0 radical (unpaired) electrons. The Morgan fingerprint density at radius 1 is 0.886 bits per heavy atom. The van der Waals surface area contributed by atoms with Crippen LogP contribution in [0.2, 0.25) is 0 Å². The third-order valence-corrected chi connectivity index (χ3v) is 6.63. The Labute approximate surface area is 205 Å². The van der Waals surface area contributed by atoms with E-state index in [2.05, 4.69) is 27.8 Å². The molecule has 2 aromatic heterocycles. The minimum atomic E-state index is -0.227. The molecule has 0 bridgehead atoms. The Morgan fingerprint density at radius 2 is 1.63 bits per heavy atom. The summed E-state index contributed by atoms with van der Waals surface area (Å²) in [5, 5.41) is 8.34. The van der Waals surface area contributed by atoms with Gasteiger partial charge in [-0.1, -0.05) is 24.3 Å². The molecular formula is C28H31FN6. The predicted octanol–water partition coefficient (Wildman–Crippen LogP) is 5.41. The number of hydrogen-bond acceptors (Lipinski definition) is 6. The van der Waals surface area contributed by atoms with Gasteiger partial charge in [0.1, 0.15) is 11.6 Å². The van der Waals surface area contributed by atoms with Crippen molar-refractivity contribution in [2.75, 3.05) is 24.3 Å². The Morgan fingerprint density at radius 3 is 2.40 bits per heavy atom. The minimum absolute atomic E-state index is 0.227. The summed E-state index contributed by atoms with van der Waals surface area (Å²) >= 11 is 0. The number of anilines is 2. The highest BCUT2D eigenvalue weighted by Crippen LogP contribution is 2.27. The van der Waals surface area contributed by atoms with Gasteiger partial charge in [-0.15, -0.1) is 0 Å². The molecule has 1 saturated carbocycles. The van der Waals surface area contributed by atoms with Gasteiger partial charge in [0, 0.05) is 56.1 Å². The van der Waals surface area contributed by atoms with E-state index in [1.54, 1.807) is 12.1 Å². The van der Waals surface area contributed by atoms with E-state index in [0.717, 1.165) is 65.6 Å². The van der Waals surface area contributed by atoms with Crippen molar-refractivity contribution in [3.8, 4) is 11.1 Å². The monoisotopic (exact) mass is 470 g/mol. The predicted molar refractivity (Wildman–Crippen MR) is 140 cm³/mol. The highest BCUT2D eigenvalue weighted by Gasteiger charge is 2.22. The highest BCUT2D eigenvalue weighted by atomic mass is 19.1.